The Morgan fingerprint density at radius 3 is 2.57 bits per heavy atom. The van der Waals surface area contributed by atoms with Crippen molar-refractivity contribution in [3.05, 3.63) is 23.0 Å². The van der Waals surface area contributed by atoms with Crippen LogP contribution in [0.3, 0.4) is 0 Å². The topological polar surface area (TPSA) is 42.3 Å². The SMILES string of the molecule is Cc1cc2c(n1C(C)C(=O)N1CCCCC1)CCCC2=O. The fraction of sp³-hybridized carbons (Fsp3) is 0.647. The zero-order valence-electron chi connectivity index (χ0n) is 13.0. The van der Waals surface area contributed by atoms with E-state index in [4.69, 9.17) is 0 Å². The van der Waals surface area contributed by atoms with Crippen LogP contribution in [0.2, 0.25) is 0 Å². The molecule has 4 nitrogen and oxygen atoms in total. The molecule has 1 saturated heterocycles. The molecule has 1 fully saturated rings. The van der Waals surface area contributed by atoms with E-state index >= 15 is 0 Å². The fourth-order valence-corrected chi connectivity index (χ4v) is 3.78. The molecule has 114 valence electrons. The maximum absolute atomic E-state index is 12.7. The average Bonchev–Trinajstić information content (AvgIpc) is 2.84. The number of likely N-dealkylation sites (tertiary alicyclic amines) is 1. The van der Waals surface area contributed by atoms with Gasteiger partial charge in [0, 0.05) is 36.5 Å². The Bertz CT molecular complexity index is 568. The third-order valence-electron chi connectivity index (χ3n) is 4.87. The van der Waals surface area contributed by atoms with E-state index in [2.05, 4.69) is 4.57 Å². The molecular formula is C17H24N2O2. The summed E-state index contributed by atoms with van der Waals surface area (Å²) in [5, 5.41) is 0. The third-order valence-corrected chi connectivity index (χ3v) is 4.87. The number of piperidine rings is 1. The van der Waals surface area contributed by atoms with E-state index in [1.54, 1.807) is 0 Å². The summed E-state index contributed by atoms with van der Waals surface area (Å²) in [5.74, 6) is 0.435. The molecule has 0 bridgehead atoms. The van der Waals surface area contributed by atoms with E-state index in [1.807, 2.05) is 24.8 Å². The molecule has 0 saturated carbocycles. The summed E-state index contributed by atoms with van der Waals surface area (Å²) in [4.78, 5) is 26.8. The second kappa shape index (κ2) is 5.66. The Kier molecular flexibility index (Phi) is 3.87. The van der Waals surface area contributed by atoms with Gasteiger partial charge in [0.1, 0.15) is 6.04 Å². The van der Waals surface area contributed by atoms with Crippen LogP contribution in [0.4, 0.5) is 0 Å². The van der Waals surface area contributed by atoms with E-state index in [0.717, 1.165) is 55.7 Å². The molecule has 1 aromatic heterocycles. The van der Waals surface area contributed by atoms with Crippen LogP contribution >= 0.6 is 0 Å². The van der Waals surface area contributed by atoms with Crippen molar-refractivity contribution in [3.63, 3.8) is 0 Å². The summed E-state index contributed by atoms with van der Waals surface area (Å²) in [7, 11) is 0. The van der Waals surface area contributed by atoms with Crippen LogP contribution in [0.5, 0.6) is 0 Å². The Balaban J connectivity index is 1.89. The van der Waals surface area contributed by atoms with Gasteiger partial charge in [0.05, 0.1) is 0 Å². The van der Waals surface area contributed by atoms with Crippen LogP contribution in [0.25, 0.3) is 0 Å². The number of fused-ring (bicyclic) bond motifs is 1. The molecule has 2 heterocycles. The number of aromatic nitrogens is 1. The molecule has 1 atom stereocenters. The summed E-state index contributed by atoms with van der Waals surface area (Å²) in [6, 6.07) is 1.77. The number of rotatable bonds is 2. The van der Waals surface area contributed by atoms with Gasteiger partial charge in [-0.15, -0.1) is 0 Å². The number of carbonyl (C=O) groups is 2. The highest BCUT2D eigenvalue weighted by Gasteiger charge is 2.29. The summed E-state index contributed by atoms with van der Waals surface area (Å²) >= 11 is 0. The number of hydrogen-bond acceptors (Lipinski definition) is 2. The van der Waals surface area contributed by atoms with Crippen molar-refractivity contribution < 1.29 is 9.59 Å². The maximum atomic E-state index is 12.7. The van der Waals surface area contributed by atoms with Crippen LogP contribution in [0.15, 0.2) is 6.07 Å². The Labute approximate surface area is 126 Å². The van der Waals surface area contributed by atoms with Gasteiger partial charge < -0.3 is 9.47 Å². The van der Waals surface area contributed by atoms with Gasteiger partial charge in [-0.05, 0) is 52.0 Å². The van der Waals surface area contributed by atoms with Crippen LogP contribution in [-0.4, -0.2) is 34.2 Å². The lowest BCUT2D eigenvalue weighted by Gasteiger charge is -2.31. The number of carbonyl (C=O) groups excluding carboxylic acids is 2. The maximum Gasteiger partial charge on any atom is 0.245 e. The predicted molar refractivity (Wildman–Crippen MR) is 81.6 cm³/mol. The van der Waals surface area contributed by atoms with E-state index in [1.165, 1.54) is 6.42 Å². The molecule has 0 radical (unpaired) electrons. The summed E-state index contributed by atoms with van der Waals surface area (Å²) < 4.78 is 2.10. The van der Waals surface area contributed by atoms with E-state index in [-0.39, 0.29) is 17.7 Å². The lowest BCUT2D eigenvalue weighted by Crippen LogP contribution is -2.40. The highest BCUT2D eigenvalue weighted by Crippen LogP contribution is 2.29. The molecule has 4 heteroatoms. The normalized spacial score (nSPS) is 20.3. The zero-order chi connectivity index (χ0) is 15.0. The van der Waals surface area contributed by atoms with Gasteiger partial charge in [0.25, 0.3) is 0 Å². The number of aryl methyl sites for hydroxylation is 1. The smallest absolute Gasteiger partial charge is 0.245 e. The second-order valence-corrected chi connectivity index (χ2v) is 6.35. The van der Waals surface area contributed by atoms with Gasteiger partial charge in [-0.3, -0.25) is 9.59 Å². The first-order valence-electron chi connectivity index (χ1n) is 8.12. The molecule has 1 unspecified atom stereocenters. The molecule has 1 aromatic rings. The minimum atomic E-state index is -0.197. The first-order chi connectivity index (χ1) is 10.1. The summed E-state index contributed by atoms with van der Waals surface area (Å²) in [5.41, 5.74) is 2.95. The lowest BCUT2D eigenvalue weighted by atomic mass is 9.96. The van der Waals surface area contributed by atoms with Crippen molar-refractivity contribution >= 4 is 11.7 Å². The van der Waals surface area contributed by atoms with Crippen molar-refractivity contribution in [1.29, 1.82) is 0 Å². The minimum Gasteiger partial charge on any atom is -0.341 e. The standard InChI is InChI=1S/C17H24N2O2/c1-12-11-14-15(7-6-8-16(14)20)19(12)13(2)17(21)18-9-4-3-5-10-18/h11,13H,3-10H2,1-2H3. The average molecular weight is 288 g/mol. The van der Waals surface area contributed by atoms with Gasteiger partial charge in [0.15, 0.2) is 5.78 Å². The number of nitrogens with zero attached hydrogens (tertiary/aromatic N) is 2. The van der Waals surface area contributed by atoms with E-state index < -0.39 is 0 Å². The third kappa shape index (κ3) is 2.52. The number of ketones is 1. The van der Waals surface area contributed by atoms with Crippen molar-refractivity contribution in [2.75, 3.05) is 13.1 Å². The quantitative estimate of drug-likeness (QED) is 0.839. The molecule has 0 aromatic carbocycles. The highest BCUT2D eigenvalue weighted by molar-refractivity contribution is 5.98. The summed E-state index contributed by atoms with van der Waals surface area (Å²) in [6.07, 6.45) is 5.90. The van der Waals surface area contributed by atoms with Crippen LogP contribution in [-0.2, 0) is 11.2 Å². The molecule has 0 N–H and O–H groups in total. The first-order valence-corrected chi connectivity index (χ1v) is 8.12. The largest absolute Gasteiger partial charge is 0.341 e. The van der Waals surface area contributed by atoms with Crippen LogP contribution in [0, 0.1) is 6.92 Å². The zero-order valence-corrected chi connectivity index (χ0v) is 13.0. The van der Waals surface area contributed by atoms with E-state index in [9.17, 15) is 9.59 Å². The molecule has 1 amide bonds. The van der Waals surface area contributed by atoms with Gasteiger partial charge >= 0.3 is 0 Å². The number of amides is 1. The molecule has 1 aliphatic carbocycles. The molecule has 1 aliphatic heterocycles. The minimum absolute atomic E-state index is 0.197. The number of hydrogen-bond donors (Lipinski definition) is 0. The van der Waals surface area contributed by atoms with Crippen molar-refractivity contribution in [3.8, 4) is 0 Å². The molecular weight excluding hydrogens is 264 g/mol. The lowest BCUT2D eigenvalue weighted by molar-refractivity contribution is -0.135. The predicted octanol–water partition coefficient (Wildman–Crippen LogP) is 2.89. The molecule has 21 heavy (non-hydrogen) atoms. The van der Waals surface area contributed by atoms with Crippen molar-refractivity contribution in [2.24, 2.45) is 0 Å². The van der Waals surface area contributed by atoms with Crippen molar-refractivity contribution in [2.45, 2.75) is 58.4 Å². The van der Waals surface area contributed by atoms with Gasteiger partial charge in [-0.25, -0.2) is 0 Å². The Morgan fingerprint density at radius 2 is 1.86 bits per heavy atom. The van der Waals surface area contributed by atoms with E-state index in [0.29, 0.717) is 6.42 Å². The second-order valence-electron chi connectivity index (χ2n) is 6.35. The molecule has 3 rings (SSSR count). The Hall–Kier alpha value is -1.58. The monoisotopic (exact) mass is 288 g/mol. The van der Waals surface area contributed by atoms with Crippen LogP contribution < -0.4 is 0 Å². The van der Waals surface area contributed by atoms with Crippen LogP contribution in [0.1, 0.15) is 66.8 Å². The Morgan fingerprint density at radius 1 is 1.14 bits per heavy atom. The van der Waals surface area contributed by atoms with Crippen molar-refractivity contribution in [1.82, 2.24) is 9.47 Å². The van der Waals surface area contributed by atoms with Gasteiger partial charge in [0.2, 0.25) is 5.91 Å². The van der Waals surface area contributed by atoms with Gasteiger partial charge in [-0.1, -0.05) is 0 Å². The summed E-state index contributed by atoms with van der Waals surface area (Å²) in [6.45, 7) is 5.74. The highest BCUT2D eigenvalue weighted by atomic mass is 16.2. The fourth-order valence-electron chi connectivity index (χ4n) is 3.78. The van der Waals surface area contributed by atoms with Gasteiger partial charge in [-0.2, -0.15) is 0 Å². The molecule has 2 aliphatic rings. The number of Topliss-reactive ketones (excluding diaryl/α,β-unsaturated/α-hetero) is 1. The molecule has 0 spiro atoms. The first kappa shape index (κ1) is 14.4.